The predicted octanol–water partition coefficient (Wildman–Crippen LogP) is 1.30. The molecular formula is C7H17NO2. The lowest BCUT2D eigenvalue weighted by atomic mass is 10.1. The molecule has 0 fully saturated rings. The molecular weight excluding hydrogens is 130 g/mol. The first-order valence-electron chi connectivity index (χ1n) is 3.57. The summed E-state index contributed by atoms with van der Waals surface area (Å²) in [6.07, 6.45) is 0.941. The third kappa shape index (κ3) is 4.73. The molecule has 0 heterocycles. The summed E-state index contributed by atoms with van der Waals surface area (Å²) >= 11 is 0. The third-order valence-corrected chi connectivity index (χ3v) is 1.34. The number of hydrogen-bond donors (Lipinski definition) is 1. The van der Waals surface area contributed by atoms with E-state index in [4.69, 9.17) is 9.78 Å². The van der Waals surface area contributed by atoms with Gasteiger partial charge in [0.25, 0.3) is 0 Å². The van der Waals surface area contributed by atoms with Crippen LogP contribution in [0.4, 0.5) is 0 Å². The second-order valence-corrected chi connectivity index (χ2v) is 2.81. The minimum absolute atomic E-state index is 0.170. The van der Waals surface area contributed by atoms with Crippen molar-refractivity contribution < 1.29 is 9.78 Å². The molecule has 0 aromatic carbocycles. The molecule has 0 aliphatic carbocycles. The van der Waals surface area contributed by atoms with Crippen LogP contribution >= 0.6 is 0 Å². The van der Waals surface area contributed by atoms with Gasteiger partial charge in [-0.2, -0.15) is 0 Å². The Labute approximate surface area is 62.6 Å². The second kappa shape index (κ2) is 4.66. The van der Waals surface area contributed by atoms with Crippen molar-refractivity contribution >= 4 is 0 Å². The molecule has 3 nitrogen and oxygen atoms in total. The van der Waals surface area contributed by atoms with E-state index in [1.807, 2.05) is 20.9 Å². The largest absolute Gasteiger partial charge is 0.295 e. The molecule has 3 heteroatoms. The van der Waals surface area contributed by atoms with Crippen LogP contribution in [0.25, 0.3) is 0 Å². The molecule has 10 heavy (non-hydrogen) atoms. The molecule has 0 aliphatic heterocycles. The lowest BCUT2D eigenvalue weighted by molar-refractivity contribution is -0.356. The van der Waals surface area contributed by atoms with Gasteiger partial charge in [0.2, 0.25) is 0 Å². The first-order chi connectivity index (χ1) is 4.62. The van der Waals surface area contributed by atoms with E-state index in [2.05, 4.69) is 12.2 Å². The van der Waals surface area contributed by atoms with Gasteiger partial charge in [-0.15, -0.1) is 0 Å². The van der Waals surface area contributed by atoms with Crippen LogP contribution in [-0.4, -0.2) is 19.4 Å². The van der Waals surface area contributed by atoms with Crippen LogP contribution in [0.2, 0.25) is 0 Å². The summed E-state index contributed by atoms with van der Waals surface area (Å²) in [7, 11) is 1.81. The summed E-state index contributed by atoms with van der Waals surface area (Å²) in [4.78, 5) is 9.88. The van der Waals surface area contributed by atoms with E-state index in [1.54, 1.807) is 0 Å². The normalized spacial score (nSPS) is 12.0. The van der Waals surface area contributed by atoms with Crippen LogP contribution < -0.4 is 5.32 Å². The van der Waals surface area contributed by atoms with Crippen molar-refractivity contribution in [3.05, 3.63) is 0 Å². The fourth-order valence-electron chi connectivity index (χ4n) is 0.307. The van der Waals surface area contributed by atoms with Gasteiger partial charge in [0.15, 0.2) is 0 Å². The van der Waals surface area contributed by atoms with E-state index < -0.39 is 0 Å². The molecule has 0 saturated carbocycles. The molecule has 1 N–H and O–H groups in total. The Bertz CT molecular complexity index is 83.7. The average Bonchev–Trinajstić information content (AvgIpc) is 1.89. The number of hydrogen-bond acceptors (Lipinski definition) is 3. The number of nitrogens with one attached hydrogen (secondary N) is 1. The fraction of sp³-hybridized carbons (Fsp3) is 1.00. The Morgan fingerprint density at radius 1 is 1.40 bits per heavy atom. The molecule has 0 aromatic rings. The van der Waals surface area contributed by atoms with Gasteiger partial charge >= 0.3 is 0 Å². The van der Waals surface area contributed by atoms with Gasteiger partial charge in [-0.25, -0.2) is 9.78 Å². The first kappa shape index (κ1) is 9.88. The standard InChI is InChI=1S/C7H17NO2/c1-5-7(2,3)10-9-6-8-4/h8H,5-6H2,1-4H3. The zero-order valence-corrected chi connectivity index (χ0v) is 7.23. The van der Waals surface area contributed by atoms with Crippen LogP contribution in [0, 0.1) is 0 Å². The molecule has 0 spiro atoms. The zero-order chi connectivity index (χ0) is 8.04. The highest BCUT2D eigenvalue weighted by Crippen LogP contribution is 2.12. The van der Waals surface area contributed by atoms with Gasteiger partial charge in [0.05, 0.1) is 5.60 Å². The average molecular weight is 147 g/mol. The fourth-order valence-corrected chi connectivity index (χ4v) is 0.307. The molecule has 0 saturated heterocycles. The molecule has 0 rings (SSSR count). The van der Waals surface area contributed by atoms with E-state index >= 15 is 0 Å². The minimum Gasteiger partial charge on any atom is -0.295 e. The van der Waals surface area contributed by atoms with Gasteiger partial charge in [0.1, 0.15) is 6.73 Å². The van der Waals surface area contributed by atoms with Crippen molar-refractivity contribution in [2.45, 2.75) is 32.8 Å². The highest BCUT2D eigenvalue weighted by Gasteiger charge is 2.15. The van der Waals surface area contributed by atoms with Crippen molar-refractivity contribution in [3.8, 4) is 0 Å². The third-order valence-electron chi connectivity index (χ3n) is 1.34. The van der Waals surface area contributed by atoms with Crippen LogP contribution in [0.5, 0.6) is 0 Å². The molecule has 0 amide bonds. The van der Waals surface area contributed by atoms with Gasteiger partial charge in [-0.05, 0) is 27.3 Å². The Morgan fingerprint density at radius 3 is 2.40 bits per heavy atom. The SMILES string of the molecule is CCC(C)(C)OOCNC. The van der Waals surface area contributed by atoms with Crippen molar-refractivity contribution in [3.63, 3.8) is 0 Å². The van der Waals surface area contributed by atoms with Crippen LogP contribution in [0.15, 0.2) is 0 Å². The Balaban J connectivity index is 3.28. The quantitative estimate of drug-likeness (QED) is 0.275. The highest BCUT2D eigenvalue weighted by atomic mass is 17.2. The summed E-state index contributed by atoms with van der Waals surface area (Å²) in [5.74, 6) is 0. The summed E-state index contributed by atoms with van der Waals surface area (Å²) in [6, 6.07) is 0. The topological polar surface area (TPSA) is 30.5 Å². The van der Waals surface area contributed by atoms with E-state index in [9.17, 15) is 0 Å². The van der Waals surface area contributed by atoms with E-state index in [0.29, 0.717) is 6.73 Å². The maximum atomic E-state index is 5.06. The summed E-state index contributed by atoms with van der Waals surface area (Å²) in [5, 5.41) is 2.82. The Morgan fingerprint density at radius 2 is 2.00 bits per heavy atom. The maximum Gasteiger partial charge on any atom is 0.132 e. The monoisotopic (exact) mass is 147 g/mol. The summed E-state index contributed by atoms with van der Waals surface area (Å²) < 4.78 is 0. The zero-order valence-electron chi connectivity index (χ0n) is 7.23. The Hall–Kier alpha value is -0.120. The van der Waals surface area contributed by atoms with Gasteiger partial charge in [0, 0.05) is 0 Å². The van der Waals surface area contributed by atoms with E-state index in [1.165, 1.54) is 0 Å². The summed E-state index contributed by atoms with van der Waals surface area (Å²) in [6.45, 7) is 6.47. The molecule has 0 radical (unpaired) electrons. The van der Waals surface area contributed by atoms with Gasteiger partial charge < -0.3 is 0 Å². The Kier molecular flexibility index (Phi) is 4.60. The van der Waals surface area contributed by atoms with Crippen molar-refractivity contribution in [1.82, 2.24) is 5.32 Å². The predicted molar refractivity (Wildman–Crippen MR) is 40.5 cm³/mol. The van der Waals surface area contributed by atoms with Gasteiger partial charge in [-0.3, -0.25) is 5.32 Å². The van der Waals surface area contributed by atoms with Crippen LogP contribution in [0.3, 0.4) is 0 Å². The number of rotatable bonds is 5. The van der Waals surface area contributed by atoms with Crippen LogP contribution in [-0.2, 0) is 9.78 Å². The smallest absolute Gasteiger partial charge is 0.132 e. The first-order valence-corrected chi connectivity index (χ1v) is 3.57. The molecule has 0 aliphatic rings. The summed E-state index contributed by atoms with van der Waals surface area (Å²) in [5.41, 5.74) is -0.170. The minimum atomic E-state index is -0.170. The van der Waals surface area contributed by atoms with E-state index in [0.717, 1.165) is 6.42 Å². The van der Waals surface area contributed by atoms with Crippen molar-refractivity contribution in [2.75, 3.05) is 13.8 Å². The molecule has 0 atom stereocenters. The second-order valence-electron chi connectivity index (χ2n) is 2.81. The van der Waals surface area contributed by atoms with Crippen molar-refractivity contribution in [2.24, 2.45) is 0 Å². The van der Waals surface area contributed by atoms with Crippen molar-refractivity contribution in [1.29, 1.82) is 0 Å². The lowest BCUT2D eigenvalue weighted by Crippen LogP contribution is -2.25. The lowest BCUT2D eigenvalue weighted by Gasteiger charge is -2.20. The maximum absolute atomic E-state index is 5.06. The van der Waals surface area contributed by atoms with E-state index in [-0.39, 0.29) is 5.60 Å². The van der Waals surface area contributed by atoms with Crippen LogP contribution in [0.1, 0.15) is 27.2 Å². The van der Waals surface area contributed by atoms with Gasteiger partial charge in [-0.1, -0.05) is 6.92 Å². The molecule has 0 bridgehead atoms. The molecule has 0 unspecified atom stereocenters. The highest BCUT2D eigenvalue weighted by molar-refractivity contribution is 4.61. The molecule has 62 valence electrons. The molecule has 0 aromatic heterocycles.